The molecule has 0 aliphatic heterocycles. The Hall–Kier alpha value is -6.12. The van der Waals surface area contributed by atoms with Crippen LogP contribution in [-0.2, 0) is 6.42 Å². The van der Waals surface area contributed by atoms with Gasteiger partial charge < -0.3 is 9.13 Å². The largest absolute Gasteiger partial charge is 0.313 e. The summed E-state index contributed by atoms with van der Waals surface area (Å²) in [6.07, 6.45) is 15.7. The van der Waals surface area contributed by atoms with Gasteiger partial charge in [-0.1, -0.05) is 109 Å². The second-order valence-electron chi connectivity index (χ2n) is 13.6. The zero-order valence-corrected chi connectivity index (χ0v) is 27.9. The number of hydrogen-bond donors (Lipinski definition) is 0. The number of hydrogen-bond acceptors (Lipinski definition) is 0. The van der Waals surface area contributed by atoms with Gasteiger partial charge in [-0.2, -0.15) is 0 Å². The van der Waals surface area contributed by atoms with Gasteiger partial charge in [0.15, 0.2) is 0 Å². The van der Waals surface area contributed by atoms with Crippen LogP contribution in [-0.4, -0.2) is 9.13 Å². The maximum atomic E-state index is 2.55. The van der Waals surface area contributed by atoms with Crippen molar-refractivity contribution < 1.29 is 0 Å². The zero-order chi connectivity index (χ0) is 33.0. The van der Waals surface area contributed by atoms with E-state index in [9.17, 15) is 0 Å². The van der Waals surface area contributed by atoms with Crippen molar-refractivity contribution in [3.8, 4) is 33.6 Å². The van der Waals surface area contributed by atoms with Crippen molar-refractivity contribution in [2.45, 2.75) is 25.7 Å². The molecule has 2 heterocycles. The van der Waals surface area contributed by atoms with E-state index in [0.29, 0.717) is 0 Å². The van der Waals surface area contributed by atoms with E-state index in [1.54, 1.807) is 0 Å². The van der Waals surface area contributed by atoms with E-state index in [1.807, 2.05) is 0 Å². The van der Waals surface area contributed by atoms with Gasteiger partial charge in [0.1, 0.15) is 0 Å². The van der Waals surface area contributed by atoms with Gasteiger partial charge >= 0.3 is 0 Å². The number of allylic oxidation sites excluding steroid dienone is 5. The molecule has 2 aliphatic rings. The van der Waals surface area contributed by atoms with E-state index in [4.69, 9.17) is 0 Å². The zero-order valence-electron chi connectivity index (χ0n) is 27.9. The van der Waals surface area contributed by atoms with Crippen molar-refractivity contribution >= 4 is 44.4 Å². The first-order valence-electron chi connectivity index (χ1n) is 17.8. The molecular weight excluding hydrogens is 605 g/mol. The lowest BCUT2D eigenvalue weighted by molar-refractivity contribution is 0.888. The summed E-state index contributed by atoms with van der Waals surface area (Å²) in [6, 6.07) is 51.6. The molecule has 10 rings (SSSR count). The van der Waals surface area contributed by atoms with Crippen LogP contribution in [0.4, 0.5) is 0 Å². The van der Waals surface area contributed by atoms with Crippen molar-refractivity contribution in [2.24, 2.45) is 0 Å². The third-order valence-electron chi connectivity index (χ3n) is 10.6. The highest BCUT2D eigenvalue weighted by Crippen LogP contribution is 2.40. The van der Waals surface area contributed by atoms with E-state index in [0.717, 1.165) is 25.7 Å². The normalized spacial score (nSPS) is 14.0. The number of benzene rings is 6. The smallest absolute Gasteiger partial charge is 0.0541 e. The maximum Gasteiger partial charge on any atom is 0.0541 e. The highest BCUT2D eigenvalue weighted by Gasteiger charge is 2.21. The third-order valence-corrected chi connectivity index (χ3v) is 10.6. The highest BCUT2D eigenvalue weighted by atomic mass is 15.0. The first-order valence-corrected chi connectivity index (χ1v) is 17.8. The van der Waals surface area contributed by atoms with Crippen molar-refractivity contribution in [1.29, 1.82) is 0 Å². The van der Waals surface area contributed by atoms with Gasteiger partial charge in [-0.05, 0) is 120 Å². The van der Waals surface area contributed by atoms with Gasteiger partial charge in [-0.3, -0.25) is 0 Å². The van der Waals surface area contributed by atoms with Crippen LogP contribution in [0.3, 0.4) is 0 Å². The molecule has 50 heavy (non-hydrogen) atoms. The lowest BCUT2D eigenvalue weighted by Gasteiger charge is -2.18. The lowest BCUT2D eigenvalue weighted by Crippen LogP contribution is -2.04. The fourth-order valence-corrected chi connectivity index (χ4v) is 8.27. The second kappa shape index (κ2) is 11.8. The Morgan fingerprint density at radius 2 is 1.10 bits per heavy atom. The molecule has 6 aromatic carbocycles. The molecule has 0 spiro atoms. The van der Waals surface area contributed by atoms with Gasteiger partial charge in [-0.15, -0.1) is 0 Å². The summed E-state index contributed by atoms with van der Waals surface area (Å²) in [7, 11) is 0. The molecule has 0 unspecified atom stereocenters. The van der Waals surface area contributed by atoms with Crippen LogP contribution in [0.25, 0.3) is 78.0 Å². The molecule has 2 aromatic heterocycles. The van der Waals surface area contributed by atoms with E-state index in [1.165, 1.54) is 88.7 Å². The molecule has 8 aromatic rings. The van der Waals surface area contributed by atoms with Crippen LogP contribution in [0, 0.1) is 0 Å². The fraction of sp³-hybridized carbons (Fsp3) is 0.0833. The summed E-state index contributed by atoms with van der Waals surface area (Å²) >= 11 is 0. The van der Waals surface area contributed by atoms with E-state index in [2.05, 4.69) is 179 Å². The molecule has 0 saturated carbocycles. The highest BCUT2D eigenvalue weighted by molar-refractivity contribution is 6.10. The number of aromatic nitrogens is 2. The predicted molar refractivity (Wildman–Crippen MR) is 212 cm³/mol. The molecule has 0 N–H and O–H groups in total. The minimum Gasteiger partial charge on any atom is -0.313 e. The molecule has 2 heteroatoms. The van der Waals surface area contributed by atoms with Crippen molar-refractivity contribution in [2.75, 3.05) is 0 Å². The molecule has 0 amide bonds. The Kier molecular flexibility index (Phi) is 6.80. The van der Waals surface area contributed by atoms with Crippen LogP contribution < -0.4 is 0 Å². The average molecular weight is 641 g/mol. The SMILES string of the molecule is C1=CCCC(c2cc(-c3ccccc3)cc(-n3c4c(c5cc(-c6ccc7c(c6)c6ccccc6n7-c6ccccc6)ccc53)C=CCC4)c2)=C1. The molecule has 0 atom stereocenters. The number of nitrogens with zero attached hydrogens (tertiary/aromatic N) is 2. The van der Waals surface area contributed by atoms with E-state index in [-0.39, 0.29) is 0 Å². The molecular formula is C48H36N2. The first-order chi connectivity index (χ1) is 24.8. The van der Waals surface area contributed by atoms with Crippen LogP contribution >= 0.6 is 0 Å². The van der Waals surface area contributed by atoms with E-state index >= 15 is 0 Å². The molecule has 238 valence electrons. The minimum absolute atomic E-state index is 1.02. The number of fused-ring (bicyclic) bond motifs is 6. The predicted octanol–water partition coefficient (Wildman–Crippen LogP) is 12.8. The standard InChI is InChI=1S/C48H36N2/c1-4-14-33(15-5-1)37-28-38(34-16-6-2-7-17-34)30-40(29-37)50-46-23-13-11-21-42(46)44-32-36(25-27-48(44)50)35-24-26-47-43(31-35)41-20-10-12-22-45(41)49(47)39-18-8-3-9-19-39/h1-6,8-12,14-16,18-22,24-32H,7,13,17,23H2. The molecule has 0 radical (unpaired) electrons. The quantitative estimate of drug-likeness (QED) is 0.177. The maximum absolute atomic E-state index is 2.55. The Balaban J connectivity index is 1.15. The van der Waals surface area contributed by atoms with Gasteiger partial charge in [-0.25, -0.2) is 0 Å². The van der Waals surface area contributed by atoms with E-state index < -0.39 is 0 Å². The summed E-state index contributed by atoms with van der Waals surface area (Å²) in [5, 5.41) is 3.86. The lowest BCUT2D eigenvalue weighted by atomic mass is 9.93. The first kappa shape index (κ1) is 28.9. The summed E-state index contributed by atoms with van der Waals surface area (Å²) in [5.74, 6) is 0. The summed E-state index contributed by atoms with van der Waals surface area (Å²) in [5.41, 5.74) is 16.6. The second-order valence-corrected chi connectivity index (χ2v) is 13.6. The number of para-hydroxylation sites is 2. The van der Waals surface area contributed by atoms with Crippen molar-refractivity contribution in [3.63, 3.8) is 0 Å². The average Bonchev–Trinajstić information content (AvgIpc) is 3.71. The molecule has 0 fully saturated rings. The topological polar surface area (TPSA) is 9.86 Å². The molecule has 2 aliphatic carbocycles. The Bertz CT molecular complexity index is 2680. The van der Waals surface area contributed by atoms with Gasteiger partial charge in [0, 0.05) is 38.8 Å². The van der Waals surface area contributed by atoms with Gasteiger partial charge in [0.25, 0.3) is 0 Å². The summed E-state index contributed by atoms with van der Waals surface area (Å²) in [4.78, 5) is 0. The van der Waals surface area contributed by atoms with Crippen LogP contribution in [0.15, 0.2) is 164 Å². The van der Waals surface area contributed by atoms with Crippen molar-refractivity contribution in [3.05, 3.63) is 181 Å². The van der Waals surface area contributed by atoms with Crippen molar-refractivity contribution in [1.82, 2.24) is 9.13 Å². The van der Waals surface area contributed by atoms with Gasteiger partial charge in [0.2, 0.25) is 0 Å². The number of rotatable bonds is 5. The molecule has 0 bridgehead atoms. The monoisotopic (exact) mass is 640 g/mol. The Morgan fingerprint density at radius 3 is 1.90 bits per heavy atom. The van der Waals surface area contributed by atoms with Gasteiger partial charge in [0.05, 0.1) is 16.6 Å². The third kappa shape index (κ3) is 4.71. The fourth-order valence-electron chi connectivity index (χ4n) is 8.27. The van der Waals surface area contributed by atoms with Crippen LogP contribution in [0.5, 0.6) is 0 Å². The molecule has 0 saturated heterocycles. The summed E-state index contributed by atoms with van der Waals surface area (Å²) < 4.78 is 4.93. The minimum atomic E-state index is 1.02. The van der Waals surface area contributed by atoms with Crippen LogP contribution in [0.1, 0.15) is 36.1 Å². The molecule has 2 nitrogen and oxygen atoms in total. The van der Waals surface area contributed by atoms with Crippen LogP contribution in [0.2, 0.25) is 0 Å². The Morgan fingerprint density at radius 1 is 0.420 bits per heavy atom. The summed E-state index contributed by atoms with van der Waals surface area (Å²) in [6.45, 7) is 0. The Labute approximate surface area is 292 Å².